The van der Waals surface area contributed by atoms with Crippen LogP contribution in [0.25, 0.3) is 0 Å². The molecule has 0 heterocycles. The van der Waals surface area contributed by atoms with E-state index in [2.05, 4.69) is 15.2 Å². The molecule has 0 amide bonds. The summed E-state index contributed by atoms with van der Waals surface area (Å²) >= 11 is 0. The van der Waals surface area contributed by atoms with Gasteiger partial charge in [0, 0.05) is 38.8 Å². The zero-order chi connectivity index (χ0) is 16.7. The molecule has 1 aliphatic rings. The van der Waals surface area contributed by atoms with Gasteiger partial charge in [0.25, 0.3) is 0 Å². The molecule has 5 nitrogen and oxygen atoms in total. The lowest BCUT2D eigenvalue weighted by Gasteiger charge is -2.23. The average Bonchev–Trinajstić information content (AvgIpc) is 3.39. The van der Waals surface area contributed by atoms with Crippen LogP contribution in [0.4, 0.5) is 0 Å². The summed E-state index contributed by atoms with van der Waals surface area (Å²) < 4.78 is 10.7. The van der Waals surface area contributed by atoms with Crippen molar-refractivity contribution in [3.8, 4) is 11.5 Å². The first-order chi connectivity index (χ1) is 11.2. The van der Waals surface area contributed by atoms with Crippen molar-refractivity contribution in [2.45, 2.75) is 32.2 Å². The molecule has 0 bridgehead atoms. The molecule has 0 spiro atoms. The summed E-state index contributed by atoms with van der Waals surface area (Å²) in [5.74, 6) is 3.54. The maximum atomic E-state index is 5.47. The number of hydrogen-bond acceptors (Lipinski definition) is 3. The van der Waals surface area contributed by atoms with Crippen molar-refractivity contribution in [1.82, 2.24) is 10.2 Å². The van der Waals surface area contributed by atoms with E-state index in [1.54, 1.807) is 14.2 Å². The molecule has 24 heavy (non-hydrogen) atoms. The average molecular weight is 447 g/mol. The molecular weight excluding hydrogens is 417 g/mol. The molecule has 1 aromatic rings. The van der Waals surface area contributed by atoms with E-state index in [0.717, 1.165) is 42.0 Å². The molecule has 0 unspecified atom stereocenters. The van der Waals surface area contributed by atoms with Crippen molar-refractivity contribution < 1.29 is 9.47 Å². The summed E-state index contributed by atoms with van der Waals surface area (Å²) in [7, 11) is 7.21. The molecule has 0 aliphatic heterocycles. The van der Waals surface area contributed by atoms with Crippen molar-refractivity contribution in [3.05, 3.63) is 23.8 Å². The van der Waals surface area contributed by atoms with Gasteiger partial charge in [0.05, 0.1) is 14.2 Å². The minimum absolute atomic E-state index is 0. The van der Waals surface area contributed by atoms with E-state index in [-0.39, 0.29) is 24.0 Å². The van der Waals surface area contributed by atoms with Gasteiger partial charge in [0.1, 0.15) is 11.5 Å². The highest BCUT2D eigenvalue weighted by molar-refractivity contribution is 14.0. The molecule has 1 saturated carbocycles. The minimum atomic E-state index is 0. The normalized spacial score (nSPS) is 13.9. The van der Waals surface area contributed by atoms with Crippen LogP contribution in [-0.4, -0.2) is 45.7 Å². The van der Waals surface area contributed by atoms with Crippen LogP contribution < -0.4 is 14.8 Å². The van der Waals surface area contributed by atoms with Gasteiger partial charge in [-0.05, 0) is 30.9 Å². The number of nitrogens with zero attached hydrogens (tertiary/aromatic N) is 2. The zero-order valence-electron chi connectivity index (χ0n) is 15.2. The maximum Gasteiger partial charge on any atom is 0.193 e. The minimum Gasteiger partial charge on any atom is -0.497 e. The van der Waals surface area contributed by atoms with E-state index in [4.69, 9.17) is 9.47 Å². The molecule has 0 atom stereocenters. The molecule has 0 aromatic heterocycles. The first-order valence-corrected chi connectivity index (χ1v) is 8.30. The summed E-state index contributed by atoms with van der Waals surface area (Å²) in [6.45, 7) is 1.71. The van der Waals surface area contributed by atoms with Crippen LogP contribution in [0.1, 0.15) is 31.2 Å². The number of rotatable bonds is 8. The van der Waals surface area contributed by atoms with Gasteiger partial charge in [-0.25, -0.2) is 0 Å². The number of nitrogens with one attached hydrogen (secondary N) is 1. The Morgan fingerprint density at radius 3 is 2.62 bits per heavy atom. The Hall–Kier alpha value is -1.18. The quantitative estimate of drug-likeness (QED) is 0.287. The Bertz CT molecular complexity index is 533. The van der Waals surface area contributed by atoms with Crippen LogP contribution in [0, 0.1) is 5.92 Å². The Morgan fingerprint density at radius 2 is 2.04 bits per heavy atom. The molecule has 1 N–H and O–H groups in total. The third-order valence-corrected chi connectivity index (χ3v) is 4.24. The van der Waals surface area contributed by atoms with E-state index in [0.29, 0.717) is 0 Å². The highest BCUT2D eigenvalue weighted by Gasteiger charge is 2.20. The van der Waals surface area contributed by atoms with Crippen LogP contribution in [0.3, 0.4) is 0 Å². The van der Waals surface area contributed by atoms with Gasteiger partial charge in [-0.1, -0.05) is 12.8 Å². The number of guanidine groups is 1. The molecule has 136 valence electrons. The summed E-state index contributed by atoms with van der Waals surface area (Å²) in [5, 5.41) is 3.44. The molecule has 0 saturated heterocycles. The lowest BCUT2D eigenvalue weighted by atomic mass is 10.2. The van der Waals surface area contributed by atoms with E-state index in [9.17, 15) is 0 Å². The lowest BCUT2D eigenvalue weighted by molar-refractivity contribution is 0.382. The van der Waals surface area contributed by atoms with Gasteiger partial charge in [-0.15, -0.1) is 24.0 Å². The van der Waals surface area contributed by atoms with Gasteiger partial charge < -0.3 is 19.7 Å². The Labute approximate surface area is 162 Å². The first-order valence-electron chi connectivity index (χ1n) is 8.30. The van der Waals surface area contributed by atoms with Crippen molar-refractivity contribution in [2.75, 3.05) is 34.9 Å². The van der Waals surface area contributed by atoms with Crippen LogP contribution in [0.15, 0.2) is 23.2 Å². The molecule has 1 aliphatic carbocycles. The summed E-state index contributed by atoms with van der Waals surface area (Å²) in [6.07, 6.45) is 5.39. The van der Waals surface area contributed by atoms with Crippen LogP contribution in [0.5, 0.6) is 11.5 Å². The van der Waals surface area contributed by atoms with Crippen LogP contribution in [0.2, 0.25) is 0 Å². The number of aliphatic imine (C=N–C) groups is 1. The zero-order valence-corrected chi connectivity index (χ0v) is 17.5. The molecule has 6 heteroatoms. The van der Waals surface area contributed by atoms with Crippen molar-refractivity contribution in [1.29, 1.82) is 0 Å². The monoisotopic (exact) mass is 447 g/mol. The van der Waals surface area contributed by atoms with Crippen molar-refractivity contribution >= 4 is 29.9 Å². The highest BCUT2D eigenvalue weighted by Crippen LogP contribution is 2.33. The van der Waals surface area contributed by atoms with Gasteiger partial charge in [-0.2, -0.15) is 0 Å². The fourth-order valence-electron chi connectivity index (χ4n) is 2.70. The number of hydrogen-bond donors (Lipinski definition) is 1. The fraction of sp³-hybridized carbons (Fsp3) is 0.611. The number of methoxy groups -OCH3 is 2. The van der Waals surface area contributed by atoms with E-state index < -0.39 is 0 Å². The lowest BCUT2D eigenvalue weighted by Crippen LogP contribution is -2.38. The van der Waals surface area contributed by atoms with E-state index >= 15 is 0 Å². The second-order valence-corrected chi connectivity index (χ2v) is 6.09. The molecule has 0 radical (unpaired) electrons. The topological polar surface area (TPSA) is 46.1 Å². The Morgan fingerprint density at radius 1 is 1.29 bits per heavy atom. The number of ether oxygens (including phenoxy) is 2. The van der Waals surface area contributed by atoms with Gasteiger partial charge in [-0.3, -0.25) is 4.99 Å². The van der Waals surface area contributed by atoms with E-state index in [1.165, 1.54) is 25.7 Å². The smallest absolute Gasteiger partial charge is 0.193 e. The van der Waals surface area contributed by atoms with Crippen LogP contribution >= 0.6 is 24.0 Å². The van der Waals surface area contributed by atoms with Gasteiger partial charge >= 0.3 is 0 Å². The Balaban J connectivity index is 0.00000288. The fourth-order valence-corrected chi connectivity index (χ4v) is 2.70. The maximum absolute atomic E-state index is 5.47. The van der Waals surface area contributed by atoms with Crippen molar-refractivity contribution in [2.24, 2.45) is 10.9 Å². The van der Waals surface area contributed by atoms with Crippen molar-refractivity contribution in [3.63, 3.8) is 0 Å². The van der Waals surface area contributed by atoms with Gasteiger partial charge in [0.15, 0.2) is 5.96 Å². The predicted molar refractivity (Wildman–Crippen MR) is 110 cm³/mol. The summed E-state index contributed by atoms with van der Waals surface area (Å²) in [6, 6.07) is 5.90. The summed E-state index contributed by atoms with van der Waals surface area (Å²) in [4.78, 5) is 6.48. The third kappa shape index (κ3) is 6.37. The number of halogens is 1. The van der Waals surface area contributed by atoms with E-state index in [1.807, 2.05) is 32.3 Å². The second kappa shape index (κ2) is 10.6. The molecule has 1 aromatic carbocycles. The largest absolute Gasteiger partial charge is 0.497 e. The molecular formula is C18H30IN3O2. The first kappa shape index (κ1) is 20.9. The number of benzene rings is 1. The van der Waals surface area contributed by atoms with Crippen LogP contribution in [-0.2, 0) is 6.54 Å². The second-order valence-electron chi connectivity index (χ2n) is 6.09. The van der Waals surface area contributed by atoms with Gasteiger partial charge in [0.2, 0.25) is 0 Å². The molecule has 1 fully saturated rings. The SMILES string of the molecule is CN=C(NCCCC1CC1)N(C)Cc1ccc(OC)cc1OC.I. The third-order valence-electron chi connectivity index (χ3n) is 4.24. The highest BCUT2D eigenvalue weighted by atomic mass is 127. The predicted octanol–water partition coefficient (Wildman–Crippen LogP) is 3.52. The molecule has 2 rings (SSSR count). The Kier molecular flexibility index (Phi) is 9.25. The standard InChI is InChI=1S/C18H29N3O2.HI/c1-19-18(20-11-5-6-14-7-8-14)21(2)13-15-9-10-16(22-3)12-17(15)23-4;/h9-10,12,14H,5-8,11,13H2,1-4H3,(H,19,20);1H. The summed E-state index contributed by atoms with van der Waals surface area (Å²) in [5.41, 5.74) is 1.11.